The Bertz CT molecular complexity index is 223. The highest BCUT2D eigenvalue weighted by atomic mass is 14.9. The Morgan fingerprint density at radius 1 is 1.70 bits per heavy atom. The third-order valence-corrected chi connectivity index (χ3v) is 1.06. The monoisotopic (exact) mass is 132 g/mol. The lowest BCUT2D eigenvalue weighted by molar-refractivity contribution is 1.28. The Hall–Kier alpha value is -1.49. The van der Waals surface area contributed by atoms with Crippen LogP contribution in [0.1, 0.15) is 0 Å². The lowest BCUT2D eigenvalue weighted by Gasteiger charge is -1.98. The Kier molecular flexibility index (Phi) is 2.33. The molecule has 0 aromatic carbocycles. The van der Waals surface area contributed by atoms with Crippen LogP contribution in [0.4, 0.5) is 5.69 Å². The summed E-state index contributed by atoms with van der Waals surface area (Å²) in [4.78, 5) is 3.91. The van der Waals surface area contributed by atoms with Crippen LogP contribution >= 0.6 is 0 Å². The SMILES string of the molecule is C#CCNc1cccnc1. The van der Waals surface area contributed by atoms with E-state index in [0.717, 1.165) is 5.69 Å². The highest BCUT2D eigenvalue weighted by Crippen LogP contribution is 2.00. The zero-order chi connectivity index (χ0) is 7.23. The fraction of sp³-hybridized carbons (Fsp3) is 0.125. The predicted octanol–water partition coefficient (Wildman–Crippen LogP) is 1.13. The van der Waals surface area contributed by atoms with E-state index in [2.05, 4.69) is 16.2 Å². The molecule has 2 nitrogen and oxygen atoms in total. The van der Waals surface area contributed by atoms with Crippen molar-refractivity contribution < 1.29 is 0 Å². The molecule has 0 bridgehead atoms. The van der Waals surface area contributed by atoms with Crippen LogP contribution in [-0.2, 0) is 0 Å². The number of nitrogens with zero attached hydrogens (tertiary/aromatic N) is 1. The first-order valence-corrected chi connectivity index (χ1v) is 3.01. The van der Waals surface area contributed by atoms with Crippen molar-refractivity contribution >= 4 is 5.69 Å². The van der Waals surface area contributed by atoms with Crippen LogP contribution in [0, 0.1) is 12.3 Å². The van der Waals surface area contributed by atoms with Gasteiger partial charge in [-0.15, -0.1) is 6.42 Å². The Morgan fingerprint density at radius 3 is 3.20 bits per heavy atom. The quantitative estimate of drug-likeness (QED) is 0.610. The minimum Gasteiger partial charge on any atom is -0.373 e. The summed E-state index contributed by atoms with van der Waals surface area (Å²) in [6, 6.07) is 3.78. The van der Waals surface area contributed by atoms with E-state index in [1.165, 1.54) is 0 Å². The van der Waals surface area contributed by atoms with Gasteiger partial charge in [0.25, 0.3) is 0 Å². The van der Waals surface area contributed by atoms with Gasteiger partial charge in [-0.3, -0.25) is 4.98 Å². The van der Waals surface area contributed by atoms with E-state index in [-0.39, 0.29) is 0 Å². The van der Waals surface area contributed by atoms with Crippen molar-refractivity contribution in [2.24, 2.45) is 0 Å². The van der Waals surface area contributed by atoms with E-state index >= 15 is 0 Å². The minimum absolute atomic E-state index is 0.547. The van der Waals surface area contributed by atoms with E-state index in [1.807, 2.05) is 12.1 Å². The summed E-state index contributed by atoms with van der Waals surface area (Å²) in [5, 5.41) is 3.00. The van der Waals surface area contributed by atoms with Crippen molar-refractivity contribution in [1.82, 2.24) is 4.98 Å². The lowest BCUT2D eigenvalue weighted by Crippen LogP contribution is -1.97. The molecule has 0 saturated carbocycles. The van der Waals surface area contributed by atoms with E-state index in [9.17, 15) is 0 Å². The van der Waals surface area contributed by atoms with Crippen LogP contribution < -0.4 is 5.32 Å². The molecule has 0 fully saturated rings. The van der Waals surface area contributed by atoms with Gasteiger partial charge in [0.1, 0.15) is 0 Å². The van der Waals surface area contributed by atoms with Gasteiger partial charge >= 0.3 is 0 Å². The number of nitrogens with one attached hydrogen (secondary N) is 1. The Morgan fingerprint density at radius 2 is 2.60 bits per heavy atom. The Labute approximate surface area is 60.3 Å². The third kappa shape index (κ3) is 1.79. The van der Waals surface area contributed by atoms with Gasteiger partial charge in [0.15, 0.2) is 0 Å². The molecule has 0 atom stereocenters. The van der Waals surface area contributed by atoms with Gasteiger partial charge in [-0.1, -0.05) is 5.92 Å². The number of hydrogen-bond acceptors (Lipinski definition) is 2. The van der Waals surface area contributed by atoms with Gasteiger partial charge in [0.05, 0.1) is 12.2 Å². The maximum Gasteiger partial charge on any atom is 0.0763 e. The molecule has 1 aromatic heterocycles. The van der Waals surface area contributed by atoms with Gasteiger partial charge in [-0.2, -0.15) is 0 Å². The number of pyridine rings is 1. The normalized spacial score (nSPS) is 8.30. The zero-order valence-electron chi connectivity index (χ0n) is 5.54. The highest BCUT2D eigenvalue weighted by Gasteiger charge is 1.84. The largest absolute Gasteiger partial charge is 0.373 e. The second kappa shape index (κ2) is 3.52. The fourth-order valence-electron chi connectivity index (χ4n) is 0.620. The molecule has 0 aliphatic carbocycles. The van der Waals surface area contributed by atoms with Crippen molar-refractivity contribution in [1.29, 1.82) is 0 Å². The molecule has 10 heavy (non-hydrogen) atoms. The summed E-state index contributed by atoms with van der Waals surface area (Å²) in [6.07, 6.45) is 8.50. The first-order valence-electron chi connectivity index (χ1n) is 3.01. The molecule has 2 heteroatoms. The molecule has 0 spiro atoms. The molecule has 1 rings (SSSR count). The second-order valence-corrected chi connectivity index (χ2v) is 1.80. The van der Waals surface area contributed by atoms with Crippen molar-refractivity contribution in [3.05, 3.63) is 24.5 Å². The average molecular weight is 132 g/mol. The van der Waals surface area contributed by atoms with Crippen LogP contribution in [0.25, 0.3) is 0 Å². The third-order valence-electron chi connectivity index (χ3n) is 1.06. The summed E-state index contributed by atoms with van der Waals surface area (Å²) in [5.74, 6) is 2.48. The summed E-state index contributed by atoms with van der Waals surface area (Å²) in [5.41, 5.74) is 0.959. The summed E-state index contributed by atoms with van der Waals surface area (Å²) >= 11 is 0. The van der Waals surface area contributed by atoms with Crippen LogP contribution in [0.15, 0.2) is 24.5 Å². The maximum atomic E-state index is 5.04. The maximum absolute atomic E-state index is 5.04. The molecule has 50 valence electrons. The Balaban J connectivity index is 2.52. The van der Waals surface area contributed by atoms with E-state index < -0.39 is 0 Å². The minimum atomic E-state index is 0.547. The van der Waals surface area contributed by atoms with Crippen LogP contribution in [0.5, 0.6) is 0 Å². The number of terminal acetylenes is 1. The van der Waals surface area contributed by atoms with Crippen molar-refractivity contribution in [3.8, 4) is 12.3 Å². The molecule has 1 aromatic rings. The van der Waals surface area contributed by atoms with Crippen LogP contribution in [0.2, 0.25) is 0 Å². The van der Waals surface area contributed by atoms with Crippen molar-refractivity contribution in [2.45, 2.75) is 0 Å². The van der Waals surface area contributed by atoms with E-state index in [1.54, 1.807) is 12.4 Å². The van der Waals surface area contributed by atoms with E-state index in [0.29, 0.717) is 6.54 Å². The molecule has 0 radical (unpaired) electrons. The summed E-state index contributed by atoms with van der Waals surface area (Å²) in [6.45, 7) is 0.547. The summed E-state index contributed by atoms with van der Waals surface area (Å²) in [7, 11) is 0. The van der Waals surface area contributed by atoms with Crippen LogP contribution in [0.3, 0.4) is 0 Å². The number of hydrogen-bond donors (Lipinski definition) is 1. The molecule has 0 amide bonds. The molecule has 0 unspecified atom stereocenters. The fourth-order valence-corrected chi connectivity index (χ4v) is 0.620. The number of anilines is 1. The second-order valence-electron chi connectivity index (χ2n) is 1.80. The zero-order valence-corrected chi connectivity index (χ0v) is 5.54. The first kappa shape index (κ1) is 6.63. The van der Waals surface area contributed by atoms with Gasteiger partial charge in [0.2, 0.25) is 0 Å². The molecule has 0 saturated heterocycles. The molecule has 1 heterocycles. The standard InChI is InChI=1S/C8H8N2/c1-2-5-10-8-4-3-6-9-7-8/h1,3-4,6-7,10H,5H2. The lowest BCUT2D eigenvalue weighted by atomic mass is 10.4. The molecule has 1 N–H and O–H groups in total. The molecular weight excluding hydrogens is 124 g/mol. The van der Waals surface area contributed by atoms with Gasteiger partial charge in [-0.05, 0) is 12.1 Å². The number of aromatic nitrogens is 1. The molecule has 0 aliphatic rings. The summed E-state index contributed by atoms with van der Waals surface area (Å²) < 4.78 is 0. The number of rotatable bonds is 2. The van der Waals surface area contributed by atoms with Gasteiger partial charge in [0, 0.05) is 12.4 Å². The molecule has 0 aliphatic heterocycles. The van der Waals surface area contributed by atoms with Gasteiger partial charge < -0.3 is 5.32 Å². The first-order chi connectivity index (χ1) is 4.93. The van der Waals surface area contributed by atoms with Gasteiger partial charge in [-0.25, -0.2) is 0 Å². The smallest absolute Gasteiger partial charge is 0.0763 e. The highest BCUT2D eigenvalue weighted by molar-refractivity contribution is 5.40. The topological polar surface area (TPSA) is 24.9 Å². The van der Waals surface area contributed by atoms with Crippen LogP contribution in [-0.4, -0.2) is 11.5 Å². The van der Waals surface area contributed by atoms with E-state index in [4.69, 9.17) is 6.42 Å². The molecular formula is C8H8N2. The predicted molar refractivity (Wildman–Crippen MR) is 41.6 cm³/mol. The van der Waals surface area contributed by atoms with Crippen molar-refractivity contribution in [3.63, 3.8) is 0 Å². The average Bonchev–Trinajstić information content (AvgIpc) is 2.03. The van der Waals surface area contributed by atoms with Crippen molar-refractivity contribution in [2.75, 3.05) is 11.9 Å².